The van der Waals surface area contributed by atoms with E-state index in [0.29, 0.717) is 12.8 Å². The number of rotatable bonds is 4. The molecule has 2 aliphatic carbocycles. The first kappa shape index (κ1) is 15.8. The second-order valence-corrected chi connectivity index (χ2v) is 7.50. The Morgan fingerprint density at radius 1 is 0.950 bits per heavy atom. The first-order chi connectivity index (χ1) is 9.48. The number of ether oxygens (including phenoxy) is 1. The van der Waals surface area contributed by atoms with Crippen LogP contribution in [0.4, 0.5) is 0 Å². The van der Waals surface area contributed by atoms with Crippen molar-refractivity contribution in [1.29, 1.82) is 0 Å². The van der Waals surface area contributed by atoms with Crippen LogP contribution in [0.25, 0.3) is 0 Å². The predicted octanol–water partition coefficient (Wildman–Crippen LogP) is 2.36. The van der Waals surface area contributed by atoms with Gasteiger partial charge in [0, 0.05) is 0 Å². The number of carbonyl (C=O) groups excluding carboxylic acids is 1. The van der Waals surface area contributed by atoms with Gasteiger partial charge in [0.05, 0.1) is 0 Å². The van der Waals surface area contributed by atoms with Crippen LogP contribution in [-0.2, 0) is 19.6 Å². The standard InChI is InChI=1S/C14H24O5S/c15-14(19-12-9-5-2-6-10-12)13(20(16,17)18)11-7-3-1-4-8-11/h11-13H,1-10H2,(H,16,17,18)/p-1. The molecule has 2 saturated carbocycles. The van der Waals surface area contributed by atoms with Crippen LogP contribution in [0, 0.1) is 5.92 Å². The molecule has 116 valence electrons. The summed E-state index contributed by atoms with van der Waals surface area (Å²) >= 11 is 0. The summed E-state index contributed by atoms with van der Waals surface area (Å²) in [5.74, 6) is -1.17. The van der Waals surface area contributed by atoms with Crippen LogP contribution in [0.1, 0.15) is 64.2 Å². The molecule has 6 heteroatoms. The minimum absolute atomic E-state index is 0.205. The summed E-state index contributed by atoms with van der Waals surface area (Å²) in [5.41, 5.74) is 0. The first-order valence-corrected chi connectivity index (χ1v) is 9.11. The van der Waals surface area contributed by atoms with E-state index in [2.05, 4.69) is 0 Å². The van der Waals surface area contributed by atoms with Crippen molar-refractivity contribution >= 4 is 16.1 Å². The van der Waals surface area contributed by atoms with E-state index in [1.54, 1.807) is 0 Å². The van der Waals surface area contributed by atoms with Crippen LogP contribution in [0.15, 0.2) is 0 Å². The smallest absolute Gasteiger partial charge is 0.323 e. The molecule has 2 aliphatic rings. The predicted molar refractivity (Wildman–Crippen MR) is 73.0 cm³/mol. The normalized spacial score (nSPS) is 24.2. The largest absolute Gasteiger partial charge is 0.747 e. The fourth-order valence-electron chi connectivity index (χ4n) is 3.40. The fraction of sp³-hybridized carbons (Fsp3) is 0.929. The second kappa shape index (κ2) is 6.89. The van der Waals surface area contributed by atoms with Crippen molar-refractivity contribution in [2.24, 2.45) is 5.92 Å². The van der Waals surface area contributed by atoms with Gasteiger partial charge in [-0.15, -0.1) is 0 Å². The number of hydrogen-bond acceptors (Lipinski definition) is 5. The van der Waals surface area contributed by atoms with E-state index < -0.39 is 21.3 Å². The summed E-state index contributed by atoms with van der Waals surface area (Å²) in [6.45, 7) is 0. The van der Waals surface area contributed by atoms with Crippen molar-refractivity contribution < 1.29 is 22.5 Å². The SMILES string of the molecule is O=C(OC1CCCCC1)C(C1CCCCC1)S(=O)(=O)[O-]. The van der Waals surface area contributed by atoms with E-state index in [0.717, 1.165) is 51.4 Å². The van der Waals surface area contributed by atoms with E-state index in [1.165, 1.54) is 0 Å². The monoisotopic (exact) mass is 303 g/mol. The molecule has 0 radical (unpaired) electrons. The molecule has 0 bridgehead atoms. The molecule has 0 aromatic rings. The van der Waals surface area contributed by atoms with Crippen molar-refractivity contribution in [2.75, 3.05) is 0 Å². The lowest BCUT2D eigenvalue weighted by atomic mass is 9.86. The van der Waals surface area contributed by atoms with Gasteiger partial charge in [0.15, 0.2) is 0 Å². The molecule has 2 fully saturated rings. The lowest BCUT2D eigenvalue weighted by Gasteiger charge is -2.32. The van der Waals surface area contributed by atoms with Crippen LogP contribution in [0.2, 0.25) is 0 Å². The highest BCUT2D eigenvalue weighted by molar-refractivity contribution is 7.87. The van der Waals surface area contributed by atoms with Crippen molar-refractivity contribution in [3.05, 3.63) is 0 Å². The Hall–Kier alpha value is -0.620. The Bertz CT molecular complexity index is 419. The summed E-state index contributed by atoms with van der Waals surface area (Å²) in [4.78, 5) is 12.2. The van der Waals surface area contributed by atoms with Gasteiger partial charge in [-0.05, 0) is 44.4 Å². The van der Waals surface area contributed by atoms with Gasteiger partial charge < -0.3 is 9.29 Å². The molecule has 1 atom stereocenters. The Kier molecular flexibility index (Phi) is 5.43. The number of hydrogen-bond donors (Lipinski definition) is 0. The van der Waals surface area contributed by atoms with Crippen molar-refractivity contribution in [1.82, 2.24) is 0 Å². The van der Waals surface area contributed by atoms with Crippen LogP contribution in [0.3, 0.4) is 0 Å². The third-order valence-corrected chi connectivity index (χ3v) is 5.66. The highest BCUT2D eigenvalue weighted by Gasteiger charge is 2.37. The van der Waals surface area contributed by atoms with Gasteiger partial charge in [-0.2, -0.15) is 0 Å². The van der Waals surface area contributed by atoms with Crippen molar-refractivity contribution in [3.63, 3.8) is 0 Å². The third-order valence-electron chi connectivity index (χ3n) is 4.46. The zero-order valence-corrected chi connectivity index (χ0v) is 12.6. The maximum atomic E-state index is 12.2. The van der Waals surface area contributed by atoms with Gasteiger partial charge in [-0.3, -0.25) is 4.79 Å². The molecular formula is C14H23O5S-. The fourth-order valence-corrected chi connectivity index (χ4v) is 4.43. The Balaban J connectivity index is 2.03. The molecule has 1 unspecified atom stereocenters. The van der Waals surface area contributed by atoms with Gasteiger partial charge in [0.1, 0.15) is 21.5 Å². The average molecular weight is 303 g/mol. The summed E-state index contributed by atoms with van der Waals surface area (Å²) in [6.07, 6.45) is 8.54. The van der Waals surface area contributed by atoms with E-state index in [-0.39, 0.29) is 12.0 Å². The average Bonchev–Trinajstić information content (AvgIpc) is 2.39. The van der Waals surface area contributed by atoms with E-state index in [1.807, 2.05) is 0 Å². The molecule has 0 saturated heterocycles. The molecule has 0 aliphatic heterocycles. The van der Waals surface area contributed by atoms with Gasteiger partial charge in [-0.25, -0.2) is 8.42 Å². The van der Waals surface area contributed by atoms with Gasteiger partial charge >= 0.3 is 5.97 Å². The maximum absolute atomic E-state index is 12.2. The molecular weight excluding hydrogens is 280 g/mol. The number of carbonyl (C=O) groups is 1. The van der Waals surface area contributed by atoms with E-state index in [4.69, 9.17) is 4.74 Å². The summed E-state index contributed by atoms with van der Waals surface area (Å²) in [7, 11) is -4.64. The zero-order valence-electron chi connectivity index (χ0n) is 11.8. The minimum atomic E-state index is -4.64. The molecule has 0 N–H and O–H groups in total. The molecule has 5 nitrogen and oxygen atoms in total. The van der Waals surface area contributed by atoms with Crippen LogP contribution in [-0.4, -0.2) is 30.3 Å². The lowest BCUT2D eigenvalue weighted by Crippen LogP contribution is -2.41. The van der Waals surface area contributed by atoms with Crippen molar-refractivity contribution in [2.45, 2.75) is 75.6 Å². The summed E-state index contributed by atoms with van der Waals surface area (Å²) in [5, 5.41) is -1.50. The Morgan fingerprint density at radius 3 is 1.95 bits per heavy atom. The molecule has 0 spiro atoms. The maximum Gasteiger partial charge on any atom is 0.323 e. The number of esters is 1. The highest BCUT2D eigenvalue weighted by Crippen LogP contribution is 2.31. The summed E-state index contributed by atoms with van der Waals surface area (Å²) < 4.78 is 39.7. The molecule has 0 aromatic heterocycles. The molecule has 0 amide bonds. The highest BCUT2D eigenvalue weighted by atomic mass is 32.2. The van der Waals surface area contributed by atoms with Gasteiger partial charge in [0.2, 0.25) is 0 Å². The minimum Gasteiger partial charge on any atom is -0.747 e. The van der Waals surface area contributed by atoms with Gasteiger partial charge in [-0.1, -0.05) is 25.7 Å². The molecule has 0 aromatic carbocycles. The summed E-state index contributed by atoms with van der Waals surface area (Å²) in [6, 6.07) is 0. The second-order valence-electron chi connectivity index (χ2n) is 6.01. The first-order valence-electron chi connectivity index (χ1n) is 7.63. The molecule has 0 heterocycles. The Morgan fingerprint density at radius 2 is 1.45 bits per heavy atom. The molecule has 2 rings (SSSR count). The topological polar surface area (TPSA) is 83.5 Å². The van der Waals surface area contributed by atoms with Crippen molar-refractivity contribution in [3.8, 4) is 0 Å². The van der Waals surface area contributed by atoms with E-state index in [9.17, 15) is 17.8 Å². The van der Waals surface area contributed by atoms with Crippen LogP contribution >= 0.6 is 0 Å². The molecule has 20 heavy (non-hydrogen) atoms. The Labute approximate surface area is 120 Å². The van der Waals surface area contributed by atoms with Crippen LogP contribution in [0.5, 0.6) is 0 Å². The van der Waals surface area contributed by atoms with Gasteiger partial charge in [0.25, 0.3) is 0 Å². The van der Waals surface area contributed by atoms with Crippen LogP contribution < -0.4 is 0 Å². The lowest BCUT2D eigenvalue weighted by molar-refractivity contribution is -0.151. The van der Waals surface area contributed by atoms with E-state index >= 15 is 0 Å². The quantitative estimate of drug-likeness (QED) is 0.588. The third kappa shape index (κ3) is 4.19. The zero-order chi connectivity index (χ0) is 14.6.